The van der Waals surface area contributed by atoms with Crippen molar-refractivity contribution in [2.45, 2.75) is 32.5 Å². The Balaban J connectivity index is 1.48. The summed E-state index contributed by atoms with van der Waals surface area (Å²) in [6, 6.07) is 3.73. The van der Waals surface area contributed by atoms with Crippen molar-refractivity contribution >= 4 is 5.91 Å². The lowest BCUT2D eigenvalue weighted by molar-refractivity contribution is -0.00994. The Morgan fingerprint density at radius 1 is 1.45 bits per heavy atom. The minimum Gasteiger partial charge on any atom is -0.368 e. The van der Waals surface area contributed by atoms with Gasteiger partial charge in [-0.05, 0) is 31.9 Å². The number of rotatable bonds is 4. The van der Waals surface area contributed by atoms with E-state index >= 15 is 0 Å². The Morgan fingerprint density at radius 3 is 2.82 bits per heavy atom. The highest BCUT2D eigenvalue weighted by Gasteiger charge is 2.25. The lowest BCUT2D eigenvalue weighted by atomic mass is 10.1. The van der Waals surface area contributed by atoms with E-state index in [4.69, 9.17) is 9.26 Å². The average Bonchev–Trinajstić information content (AvgIpc) is 3.13. The fraction of sp³-hybridized carbons (Fsp3) is 0.533. The quantitative estimate of drug-likeness (QED) is 0.856. The number of piperidine rings is 1. The molecule has 0 spiro atoms. The molecule has 118 valence electrons. The maximum Gasteiger partial charge on any atom is 0.270 e. The van der Waals surface area contributed by atoms with Crippen LogP contribution in [-0.2, 0) is 18.4 Å². The molecule has 7 nitrogen and oxygen atoms in total. The molecule has 0 bridgehead atoms. The molecule has 7 heteroatoms. The van der Waals surface area contributed by atoms with Crippen molar-refractivity contribution in [2.24, 2.45) is 7.05 Å². The van der Waals surface area contributed by atoms with Gasteiger partial charge in [-0.15, -0.1) is 0 Å². The van der Waals surface area contributed by atoms with Crippen LogP contribution in [0.4, 0.5) is 0 Å². The smallest absolute Gasteiger partial charge is 0.270 e. The van der Waals surface area contributed by atoms with E-state index < -0.39 is 0 Å². The maximum absolute atomic E-state index is 12.4. The second-order valence-electron chi connectivity index (χ2n) is 5.54. The van der Waals surface area contributed by atoms with E-state index in [0.29, 0.717) is 31.4 Å². The monoisotopic (exact) mass is 304 g/mol. The summed E-state index contributed by atoms with van der Waals surface area (Å²) in [5.74, 6) is 1.19. The molecule has 1 aliphatic rings. The summed E-state index contributed by atoms with van der Waals surface area (Å²) in [7, 11) is 1.88. The molecule has 0 aliphatic carbocycles. The molecular formula is C15H20N4O3. The standard InChI is InChI=1S/C15H20N4O3/c1-11-16-14(22-17-11)10-21-12-5-8-19(9-6-12)15(20)13-4-3-7-18(13)2/h3-4,7,12H,5-6,8-10H2,1-2H3. The molecule has 0 saturated carbocycles. The van der Waals surface area contributed by atoms with Gasteiger partial charge in [-0.3, -0.25) is 4.79 Å². The second kappa shape index (κ2) is 6.31. The van der Waals surface area contributed by atoms with Gasteiger partial charge in [-0.2, -0.15) is 4.98 Å². The number of nitrogens with zero attached hydrogens (tertiary/aromatic N) is 4. The Hall–Kier alpha value is -2.15. The molecule has 0 atom stereocenters. The summed E-state index contributed by atoms with van der Waals surface area (Å²) in [4.78, 5) is 18.4. The molecule has 1 fully saturated rings. The van der Waals surface area contributed by atoms with Crippen LogP contribution < -0.4 is 0 Å². The largest absolute Gasteiger partial charge is 0.368 e. The zero-order valence-corrected chi connectivity index (χ0v) is 12.9. The van der Waals surface area contributed by atoms with Gasteiger partial charge in [0.2, 0.25) is 0 Å². The number of ether oxygens (including phenoxy) is 1. The summed E-state index contributed by atoms with van der Waals surface area (Å²) in [5.41, 5.74) is 0.723. The van der Waals surface area contributed by atoms with Gasteiger partial charge in [0, 0.05) is 26.3 Å². The van der Waals surface area contributed by atoms with Crippen molar-refractivity contribution in [3.05, 3.63) is 35.7 Å². The fourth-order valence-electron chi connectivity index (χ4n) is 2.66. The van der Waals surface area contributed by atoms with Gasteiger partial charge in [-0.1, -0.05) is 5.16 Å². The second-order valence-corrected chi connectivity index (χ2v) is 5.54. The van der Waals surface area contributed by atoms with Gasteiger partial charge < -0.3 is 18.7 Å². The number of aryl methyl sites for hydroxylation is 2. The first-order chi connectivity index (χ1) is 10.6. The third-order valence-corrected chi connectivity index (χ3v) is 3.90. The first-order valence-corrected chi connectivity index (χ1v) is 7.45. The number of hydrogen-bond acceptors (Lipinski definition) is 5. The van der Waals surface area contributed by atoms with E-state index in [1.165, 1.54) is 0 Å². The van der Waals surface area contributed by atoms with Gasteiger partial charge in [0.05, 0.1) is 6.10 Å². The van der Waals surface area contributed by atoms with E-state index in [2.05, 4.69) is 10.1 Å². The van der Waals surface area contributed by atoms with Crippen molar-refractivity contribution < 1.29 is 14.1 Å². The van der Waals surface area contributed by atoms with Crippen LogP contribution in [0.25, 0.3) is 0 Å². The topological polar surface area (TPSA) is 73.4 Å². The number of amides is 1. The van der Waals surface area contributed by atoms with Gasteiger partial charge in [0.25, 0.3) is 11.8 Å². The molecule has 3 rings (SSSR count). The third kappa shape index (κ3) is 3.19. The summed E-state index contributed by atoms with van der Waals surface area (Å²) >= 11 is 0. The molecule has 1 amide bonds. The van der Waals surface area contributed by atoms with Crippen LogP contribution in [0.1, 0.15) is 35.0 Å². The molecule has 22 heavy (non-hydrogen) atoms. The van der Waals surface area contributed by atoms with E-state index in [9.17, 15) is 4.79 Å². The third-order valence-electron chi connectivity index (χ3n) is 3.90. The molecule has 2 aromatic heterocycles. The van der Waals surface area contributed by atoms with Gasteiger partial charge in [0.1, 0.15) is 12.3 Å². The zero-order valence-electron chi connectivity index (χ0n) is 12.9. The van der Waals surface area contributed by atoms with Gasteiger partial charge in [0.15, 0.2) is 5.82 Å². The molecule has 0 unspecified atom stereocenters. The molecular weight excluding hydrogens is 284 g/mol. The lowest BCUT2D eigenvalue weighted by Gasteiger charge is -2.31. The van der Waals surface area contributed by atoms with Crippen LogP contribution in [0.15, 0.2) is 22.9 Å². The summed E-state index contributed by atoms with van der Waals surface area (Å²) in [5, 5.41) is 3.73. The van der Waals surface area contributed by atoms with Crippen LogP contribution >= 0.6 is 0 Å². The number of hydrogen-bond donors (Lipinski definition) is 0. The van der Waals surface area contributed by atoms with Crippen LogP contribution in [0.3, 0.4) is 0 Å². The van der Waals surface area contributed by atoms with E-state index in [1.54, 1.807) is 6.92 Å². The van der Waals surface area contributed by atoms with Crippen LogP contribution in [0.5, 0.6) is 0 Å². The van der Waals surface area contributed by atoms with Crippen molar-refractivity contribution in [1.82, 2.24) is 19.6 Å². The molecule has 0 N–H and O–H groups in total. The Kier molecular flexibility index (Phi) is 4.24. The van der Waals surface area contributed by atoms with Crippen LogP contribution in [0, 0.1) is 6.92 Å². The van der Waals surface area contributed by atoms with Crippen molar-refractivity contribution in [3.63, 3.8) is 0 Å². The van der Waals surface area contributed by atoms with Crippen molar-refractivity contribution in [1.29, 1.82) is 0 Å². The van der Waals surface area contributed by atoms with E-state index in [0.717, 1.165) is 18.5 Å². The highest BCUT2D eigenvalue weighted by molar-refractivity contribution is 5.92. The van der Waals surface area contributed by atoms with Crippen LogP contribution in [0.2, 0.25) is 0 Å². The number of carbonyl (C=O) groups excluding carboxylic acids is 1. The molecule has 2 aromatic rings. The Bertz CT molecular complexity index is 641. The van der Waals surface area contributed by atoms with E-state index in [-0.39, 0.29) is 12.0 Å². The first-order valence-electron chi connectivity index (χ1n) is 7.45. The summed E-state index contributed by atoms with van der Waals surface area (Å²) in [6.45, 7) is 3.52. The summed E-state index contributed by atoms with van der Waals surface area (Å²) in [6.07, 6.45) is 3.66. The SMILES string of the molecule is Cc1noc(COC2CCN(C(=O)c3cccn3C)CC2)n1. The minimum absolute atomic E-state index is 0.0819. The van der Waals surface area contributed by atoms with Crippen LogP contribution in [-0.4, -0.2) is 44.7 Å². The highest BCUT2D eigenvalue weighted by atomic mass is 16.5. The fourth-order valence-corrected chi connectivity index (χ4v) is 2.66. The van der Waals surface area contributed by atoms with Crippen molar-refractivity contribution in [2.75, 3.05) is 13.1 Å². The predicted molar refractivity (Wildman–Crippen MR) is 78.2 cm³/mol. The van der Waals surface area contributed by atoms with E-state index in [1.807, 2.05) is 34.8 Å². The highest BCUT2D eigenvalue weighted by Crippen LogP contribution is 2.17. The normalized spacial score (nSPS) is 16.2. The average molecular weight is 304 g/mol. The predicted octanol–water partition coefficient (Wildman–Crippen LogP) is 1.54. The maximum atomic E-state index is 12.4. The molecule has 0 aromatic carbocycles. The molecule has 1 aliphatic heterocycles. The molecule has 1 saturated heterocycles. The van der Waals surface area contributed by atoms with Gasteiger partial charge >= 0.3 is 0 Å². The number of carbonyl (C=O) groups is 1. The molecule has 3 heterocycles. The number of aromatic nitrogens is 3. The number of likely N-dealkylation sites (tertiary alicyclic amines) is 1. The Morgan fingerprint density at radius 2 is 2.23 bits per heavy atom. The lowest BCUT2D eigenvalue weighted by Crippen LogP contribution is -2.41. The first kappa shape index (κ1) is 14.8. The molecule has 0 radical (unpaired) electrons. The summed E-state index contributed by atoms with van der Waals surface area (Å²) < 4.78 is 12.7. The zero-order chi connectivity index (χ0) is 15.5. The van der Waals surface area contributed by atoms with Gasteiger partial charge in [-0.25, -0.2) is 0 Å². The Labute approximate surface area is 128 Å². The minimum atomic E-state index is 0.0819. The van der Waals surface area contributed by atoms with Crippen molar-refractivity contribution in [3.8, 4) is 0 Å².